The molecule has 1 saturated carbocycles. The highest BCUT2D eigenvalue weighted by molar-refractivity contribution is 5.78. The molecule has 0 aliphatic heterocycles. The second kappa shape index (κ2) is 4.98. The Morgan fingerprint density at radius 3 is 3.07 bits per heavy atom. The Morgan fingerprint density at radius 1 is 1.53 bits per heavy atom. The summed E-state index contributed by atoms with van der Waals surface area (Å²) in [5.74, 6) is 0.0948. The van der Waals surface area contributed by atoms with Gasteiger partial charge in [0.05, 0.1) is 6.54 Å². The maximum Gasteiger partial charge on any atom is 0.233 e. The number of aromatic nitrogens is 1. The number of hydrogen-bond donors (Lipinski definition) is 3. The highest BCUT2D eigenvalue weighted by Gasteiger charge is 2.20. The first-order valence-corrected chi connectivity index (χ1v) is 5.46. The molecule has 15 heavy (non-hydrogen) atoms. The molecule has 0 unspecified atom stereocenters. The largest absolute Gasteiger partial charge is 0.367 e. The zero-order chi connectivity index (χ0) is 10.5. The van der Waals surface area contributed by atoms with Gasteiger partial charge in [-0.1, -0.05) is 0 Å². The van der Waals surface area contributed by atoms with Crippen LogP contribution in [0.2, 0.25) is 0 Å². The van der Waals surface area contributed by atoms with Gasteiger partial charge in [0.2, 0.25) is 5.91 Å². The van der Waals surface area contributed by atoms with E-state index in [-0.39, 0.29) is 5.91 Å². The third kappa shape index (κ3) is 3.75. The van der Waals surface area contributed by atoms with Crippen molar-refractivity contribution in [2.24, 2.45) is 0 Å². The third-order valence-electron chi connectivity index (χ3n) is 2.53. The Morgan fingerprint density at radius 2 is 2.40 bits per heavy atom. The highest BCUT2D eigenvalue weighted by atomic mass is 16.1. The molecule has 1 heterocycles. The van der Waals surface area contributed by atoms with Gasteiger partial charge in [0, 0.05) is 25.0 Å². The molecule has 0 atom stereocenters. The van der Waals surface area contributed by atoms with E-state index in [0.717, 1.165) is 6.42 Å². The number of amides is 1. The quantitative estimate of drug-likeness (QED) is 0.633. The summed E-state index contributed by atoms with van der Waals surface area (Å²) in [4.78, 5) is 14.3. The van der Waals surface area contributed by atoms with Crippen molar-refractivity contribution in [1.82, 2.24) is 15.6 Å². The summed E-state index contributed by atoms with van der Waals surface area (Å²) < 4.78 is 0. The topological polar surface area (TPSA) is 56.9 Å². The van der Waals surface area contributed by atoms with Gasteiger partial charge < -0.3 is 15.6 Å². The van der Waals surface area contributed by atoms with E-state index in [2.05, 4.69) is 15.6 Å². The van der Waals surface area contributed by atoms with Gasteiger partial charge in [-0.25, -0.2) is 0 Å². The van der Waals surface area contributed by atoms with Crippen LogP contribution in [-0.4, -0.2) is 30.0 Å². The van der Waals surface area contributed by atoms with Crippen molar-refractivity contribution >= 4 is 5.91 Å². The molecule has 0 bridgehead atoms. The lowest BCUT2D eigenvalue weighted by Crippen LogP contribution is -2.35. The molecule has 2 rings (SSSR count). The average Bonchev–Trinajstić information content (AvgIpc) is 2.92. The second-order valence-electron chi connectivity index (χ2n) is 3.97. The zero-order valence-corrected chi connectivity index (χ0v) is 8.75. The zero-order valence-electron chi connectivity index (χ0n) is 8.75. The summed E-state index contributed by atoms with van der Waals surface area (Å²) >= 11 is 0. The molecule has 0 radical (unpaired) electrons. The number of H-pyrrole nitrogens is 1. The maximum absolute atomic E-state index is 11.3. The van der Waals surface area contributed by atoms with E-state index in [9.17, 15) is 4.79 Å². The molecule has 1 aromatic rings. The first-order valence-electron chi connectivity index (χ1n) is 5.46. The summed E-state index contributed by atoms with van der Waals surface area (Å²) in [5.41, 5.74) is 1.23. The van der Waals surface area contributed by atoms with Gasteiger partial charge in [-0.15, -0.1) is 0 Å². The third-order valence-corrected chi connectivity index (χ3v) is 2.53. The molecule has 4 nitrogen and oxygen atoms in total. The molecule has 0 spiro atoms. The molecule has 3 N–H and O–H groups in total. The van der Waals surface area contributed by atoms with Crippen molar-refractivity contribution in [3.8, 4) is 0 Å². The van der Waals surface area contributed by atoms with Crippen LogP contribution in [0.1, 0.15) is 18.4 Å². The maximum atomic E-state index is 11.3. The molecular weight excluding hydrogens is 190 g/mol. The number of aromatic amines is 1. The van der Waals surface area contributed by atoms with Gasteiger partial charge in [-0.05, 0) is 30.9 Å². The van der Waals surface area contributed by atoms with Crippen molar-refractivity contribution in [2.75, 3.05) is 13.1 Å². The molecular formula is C11H17N3O. The number of nitrogens with one attached hydrogen (secondary N) is 3. The predicted octanol–water partition coefficient (Wildman–Crippen LogP) is 0.425. The molecule has 1 aliphatic rings. The average molecular weight is 207 g/mol. The molecule has 0 saturated heterocycles. The standard InChI is InChI=1S/C11H17N3O/c15-11(8-14-10-1-2-10)13-6-4-9-3-5-12-7-9/h3,5,7,10,12,14H,1-2,4,6,8H2,(H,13,15). The van der Waals surface area contributed by atoms with E-state index in [1.165, 1.54) is 18.4 Å². The van der Waals surface area contributed by atoms with Gasteiger partial charge >= 0.3 is 0 Å². The van der Waals surface area contributed by atoms with Crippen molar-refractivity contribution in [3.63, 3.8) is 0 Å². The van der Waals surface area contributed by atoms with Crippen LogP contribution in [0.25, 0.3) is 0 Å². The van der Waals surface area contributed by atoms with E-state index < -0.39 is 0 Å². The summed E-state index contributed by atoms with van der Waals surface area (Å²) in [6, 6.07) is 2.62. The number of hydrogen-bond acceptors (Lipinski definition) is 2. The van der Waals surface area contributed by atoms with Crippen LogP contribution in [-0.2, 0) is 11.2 Å². The SMILES string of the molecule is O=C(CNC1CC1)NCCc1cc[nH]c1. The number of carbonyl (C=O) groups is 1. The normalized spacial score (nSPS) is 15.2. The number of carbonyl (C=O) groups excluding carboxylic acids is 1. The van der Waals surface area contributed by atoms with E-state index in [1.54, 1.807) is 0 Å². The van der Waals surface area contributed by atoms with Crippen molar-refractivity contribution in [2.45, 2.75) is 25.3 Å². The molecule has 0 aromatic carbocycles. The molecule has 4 heteroatoms. The van der Waals surface area contributed by atoms with Crippen molar-refractivity contribution in [1.29, 1.82) is 0 Å². The monoisotopic (exact) mass is 207 g/mol. The van der Waals surface area contributed by atoms with E-state index in [4.69, 9.17) is 0 Å². The van der Waals surface area contributed by atoms with Crippen LogP contribution >= 0.6 is 0 Å². The molecule has 1 fully saturated rings. The lowest BCUT2D eigenvalue weighted by Gasteiger charge is -2.04. The van der Waals surface area contributed by atoms with Crippen LogP contribution in [0.15, 0.2) is 18.5 Å². The molecule has 1 amide bonds. The Labute approximate surface area is 89.5 Å². The fraction of sp³-hybridized carbons (Fsp3) is 0.545. The van der Waals surface area contributed by atoms with E-state index >= 15 is 0 Å². The Bertz CT molecular complexity index is 304. The van der Waals surface area contributed by atoms with Gasteiger partial charge in [-0.3, -0.25) is 4.79 Å². The van der Waals surface area contributed by atoms with Gasteiger partial charge in [0.25, 0.3) is 0 Å². The lowest BCUT2D eigenvalue weighted by molar-refractivity contribution is -0.120. The summed E-state index contributed by atoms with van der Waals surface area (Å²) in [5, 5.41) is 6.07. The molecule has 82 valence electrons. The Kier molecular flexibility index (Phi) is 3.40. The summed E-state index contributed by atoms with van der Waals surface area (Å²) in [7, 11) is 0. The Balaban J connectivity index is 1.54. The fourth-order valence-corrected chi connectivity index (χ4v) is 1.45. The highest BCUT2D eigenvalue weighted by Crippen LogP contribution is 2.17. The fourth-order valence-electron chi connectivity index (χ4n) is 1.45. The molecule has 1 aliphatic carbocycles. The van der Waals surface area contributed by atoms with Gasteiger partial charge in [0.15, 0.2) is 0 Å². The predicted molar refractivity (Wildman–Crippen MR) is 58.5 cm³/mol. The Hall–Kier alpha value is -1.29. The van der Waals surface area contributed by atoms with Crippen LogP contribution in [0.4, 0.5) is 0 Å². The van der Waals surface area contributed by atoms with Crippen LogP contribution in [0, 0.1) is 0 Å². The van der Waals surface area contributed by atoms with Gasteiger partial charge in [0.1, 0.15) is 0 Å². The minimum atomic E-state index is 0.0948. The minimum absolute atomic E-state index is 0.0948. The smallest absolute Gasteiger partial charge is 0.233 e. The number of rotatable bonds is 6. The van der Waals surface area contributed by atoms with Gasteiger partial charge in [-0.2, -0.15) is 0 Å². The van der Waals surface area contributed by atoms with Crippen LogP contribution in [0.3, 0.4) is 0 Å². The van der Waals surface area contributed by atoms with Crippen LogP contribution < -0.4 is 10.6 Å². The second-order valence-corrected chi connectivity index (χ2v) is 3.97. The molecule has 1 aromatic heterocycles. The van der Waals surface area contributed by atoms with Crippen molar-refractivity contribution in [3.05, 3.63) is 24.0 Å². The van der Waals surface area contributed by atoms with Crippen molar-refractivity contribution < 1.29 is 4.79 Å². The van der Waals surface area contributed by atoms with Crippen LogP contribution in [0.5, 0.6) is 0 Å². The lowest BCUT2D eigenvalue weighted by atomic mass is 10.2. The summed E-state index contributed by atoms with van der Waals surface area (Å²) in [6.07, 6.45) is 7.17. The first kappa shape index (κ1) is 10.2. The summed E-state index contributed by atoms with van der Waals surface area (Å²) in [6.45, 7) is 1.17. The van der Waals surface area contributed by atoms with E-state index in [0.29, 0.717) is 19.1 Å². The minimum Gasteiger partial charge on any atom is -0.367 e. The first-order chi connectivity index (χ1) is 7.34. The van der Waals surface area contributed by atoms with E-state index in [1.807, 2.05) is 18.5 Å².